The number of aliphatic carboxylic acids is 1. The molecule has 0 radical (unpaired) electrons. The average Bonchev–Trinajstić information content (AvgIpc) is 2.28. The molecular weight excluding hydrogens is 218 g/mol. The van der Waals surface area contributed by atoms with Gasteiger partial charge in [-0.1, -0.05) is 36.3 Å². The lowest BCUT2D eigenvalue weighted by Crippen LogP contribution is -2.36. The van der Waals surface area contributed by atoms with E-state index < -0.39 is 12.0 Å². The molecule has 0 fully saturated rings. The molecule has 0 saturated carbocycles. The van der Waals surface area contributed by atoms with Crippen LogP contribution < -0.4 is 5.32 Å². The van der Waals surface area contributed by atoms with Gasteiger partial charge in [-0.15, -0.1) is 6.42 Å². The van der Waals surface area contributed by atoms with Gasteiger partial charge in [-0.3, -0.25) is 9.59 Å². The van der Waals surface area contributed by atoms with E-state index >= 15 is 0 Å². The summed E-state index contributed by atoms with van der Waals surface area (Å²) in [6, 6.07) is 8.40. The number of rotatable bonds is 5. The molecule has 0 aromatic heterocycles. The Kier molecular flexibility index (Phi) is 4.77. The number of hydrogen-bond donors (Lipinski definition) is 2. The molecule has 0 bridgehead atoms. The Bertz CT molecular complexity index is 434. The van der Waals surface area contributed by atoms with Gasteiger partial charge in [0.1, 0.15) is 6.04 Å². The summed E-state index contributed by atoms with van der Waals surface area (Å²) < 4.78 is 0. The Hall–Kier alpha value is -2.28. The fourth-order valence-corrected chi connectivity index (χ4v) is 1.35. The van der Waals surface area contributed by atoms with E-state index in [2.05, 4.69) is 11.2 Å². The molecule has 1 aromatic carbocycles. The SMILES string of the molecule is C#CC(CC(=O)O)NC(=O)Cc1ccccc1. The standard InChI is InChI=1S/C13H13NO3/c1-2-11(9-13(16)17)14-12(15)8-10-6-4-3-5-7-10/h1,3-7,11H,8-9H2,(H,14,15)(H,16,17). The highest BCUT2D eigenvalue weighted by Crippen LogP contribution is 2.00. The topological polar surface area (TPSA) is 66.4 Å². The summed E-state index contributed by atoms with van der Waals surface area (Å²) in [4.78, 5) is 22.0. The summed E-state index contributed by atoms with van der Waals surface area (Å²) >= 11 is 0. The Morgan fingerprint density at radius 1 is 1.35 bits per heavy atom. The molecule has 17 heavy (non-hydrogen) atoms. The van der Waals surface area contributed by atoms with Crippen molar-refractivity contribution in [3.8, 4) is 12.3 Å². The van der Waals surface area contributed by atoms with Crippen molar-refractivity contribution in [2.24, 2.45) is 0 Å². The van der Waals surface area contributed by atoms with E-state index in [4.69, 9.17) is 11.5 Å². The zero-order valence-corrected chi connectivity index (χ0v) is 9.22. The first-order valence-corrected chi connectivity index (χ1v) is 5.13. The third-order valence-corrected chi connectivity index (χ3v) is 2.12. The van der Waals surface area contributed by atoms with Gasteiger partial charge in [0.25, 0.3) is 0 Å². The number of terminal acetylenes is 1. The largest absolute Gasteiger partial charge is 0.481 e. The zero-order valence-electron chi connectivity index (χ0n) is 9.22. The smallest absolute Gasteiger partial charge is 0.306 e. The molecule has 1 amide bonds. The normalized spacial score (nSPS) is 11.2. The summed E-state index contributed by atoms with van der Waals surface area (Å²) in [6.07, 6.45) is 5.06. The molecular formula is C13H13NO3. The number of carboxylic acid groups (broad SMARTS) is 1. The maximum atomic E-state index is 11.6. The van der Waals surface area contributed by atoms with Crippen molar-refractivity contribution in [1.29, 1.82) is 0 Å². The molecule has 0 aliphatic heterocycles. The first kappa shape index (κ1) is 12.8. The Morgan fingerprint density at radius 2 is 2.00 bits per heavy atom. The van der Waals surface area contributed by atoms with Crippen molar-refractivity contribution in [2.45, 2.75) is 18.9 Å². The molecule has 0 saturated heterocycles. The molecule has 2 N–H and O–H groups in total. The number of nitrogens with one attached hydrogen (secondary N) is 1. The number of amides is 1. The lowest BCUT2D eigenvalue weighted by Gasteiger charge is -2.10. The van der Waals surface area contributed by atoms with Gasteiger partial charge in [-0.2, -0.15) is 0 Å². The minimum atomic E-state index is -1.03. The van der Waals surface area contributed by atoms with Crippen LogP contribution in [0.4, 0.5) is 0 Å². The highest BCUT2D eigenvalue weighted by Gasteiger charge is 2.13. The average molecular weight is 231 g/mol. The number of carboxylic acids is 1. The van der Waals surface area contributed by atoms with Gasteiger partial charge in [0.05, 0.1) is 12.8 Å². The quantitative estimate of drug-likeness (QED) is 0.737. The van der Waals surface area contributed by atoms with Gasteiger partial charge in [0, 0.05) is 0 Å². The van der Waals surface area contributed by atoms with E-state index in [1.54, 1.807) is 0 Å². The molecule has 0 aliphatic carbocycles. The van der Waals surface area contributed by atoms with Crippen LogP contribution in [0.25, 0.3) is 0 Å². The van der Waals surface area contributed by atoms with E-state index in [0.29, 0.717) is 0 Å². The van der Waals surface area contributed by atoms with Crippen molar-refractivity contribution in [2.75, 3.05) is 0 Å². The van der Waals surface area contributed by atoms with Gasteiger partial charge in [-0.25, -0.2) is 0 Å². The van der Waals surface area contributed by atoms with Gasteiger partial charge >= 0.3 is 5.97 Å². The zero-order chi connectivity index (χ0) is 12.7. The van der Waals surface area contributed by atoms with Crippen molar-refractivity contribution >= 4 is 11.9 Å². The second-order valence-corrected chi connectivity index (χ2v) is 3.55. The molecule has 1 atom stereocenters. The molecule has 0 heterocycles. The molecule has 0 aliphatic rings. The second kappa shape index (κ2) is 6.33. The first-order valence-electron chi connectivity index (χ1n) is 5.13. The molecule has 0 spiro atoms. The highest BCUT2D eigenvalue weighted by molar-refractivity contribution is 5.80. The van der Waals surface area contributed by atoms with E-state index in [0.717, 1.165) is 5.56 Å². The number of benzene rings is 1. The summed E-state index contributed by atoms with van der Waals surface area (Å²) in [7, 11) is 0. The van der Waals surface area contributed by atoms with Gasteiger partial charge in [0.2, 0.25) is 5.91 Å². The summed E-state index contributed by atoms with van der Waals surface area (Å²) in [5.41, 5.74) is 0.857. The minimum absolute atomic E-state index is 0.193. The number of carbonyl (C=O) groups excluding carboxylic acids is 1. The van der Waals surface area contributed by atoms with Crippen LogP contribution in [0, 0.1) is 12.3 Å². The Morgan fingerprint density at radius 3 is 2.53 bits per heavy atom. The Labute approximate surface area is 99.7 Å². The van der Waals surface area contributed by atoms with Crippen LogP contribution in [0.1, 0.15) is 12.0 Å². The third-order valence-electron chi connectivity index (χ3n) is 2.12. The molecule has 1 rings (SSSR count). The third kappa shape index (κ3) is 4.85. The van der Waals surface area contributed by atoms with E-state index in [1.165, 1.54) is 0 Å². The molecule has 88 valence electrons. The van der Waals surface area contributed by atoms with Crippen LogP contribution in [0.3, 0.4) is 0 Å². The van der Waals surface area contributed by atoms with Crippen LogP contribution >= 0.6 is 0 Å². The maximum absolute atomic E-state index is 11.6. The number of carbonyl (C=O) groups is 2. The fourth-order valence-electron chi connectivity index (χ4n) is 1.35. The van der Waals surface area contributed by atoms with Crippen LogP contribution in [-0.2, 0) is 16.0 Å². The van der Waals surface area contributed by atoms with Gasteiger partial charge in [-0.05, 0) is 5.56 Å². The minimum Gasteiger partial charge on any atom is -0.481 e. The van der Waals surface area contributed by atoms with Crippen molar-refractivity contribution in [3.05, 3.63) is 35.9 Å². The van der Waals surface area contributed by atoms with Crippen molar-refractivity contribution in [1.82, 2.24) is 5.32 Å². The molecule has 4 nitrogen and oxygen atoms in total. The monoisotopic (exact) mass is 231 g/mol. The molecule has 1 aromatic rings. The van der Waals surface area contributed by atoms with Crippen LogP contribution in [0.2, 0.25) is 0 Å². The van der Waals surface area contributed by atoms with Crippen molar-refractivity contribution in [3.63, 3.8) is 0 Å². The summed E-state index contributed by atoms with van der Waals surface area (Å²) in [5, 5.41) is 11.1. The first-order chi connectivity index (χ1) is 8.11. The second-order valence-electron chi connectivity index (χ2n) is 3.55. The van der Waals surface area contributed by atoms with Gasteiger partial charge in [0.15, 0.2) is 0 Å². The lowest BCUT2D eigenvalue weighted by molar-refractivity contribution is -0.137. The van der Waals surface area contributed by atoms with E-state index in [-0.39, 0.29) is 18.7 Å². The van der Waals surface area contributed by atoms with E-state index in [9.17, 15) is 9.59 Å². The summed E-state index contributed by atoms with van der Waals surface area (Å²) in [5.74, 6) is 0.926. The molecule has 1 unspecified atom stereocenters. The summed E-state index contributed by atoms with van der Waals surface area (Å²) in [6.45, 7) is 0. The van der Waals surface area contributed by atoms with Crippen LogP contribution in [0.5, 0.6) is 0 Å². The van der Waals surface area contributed by atoms with E-state index in [1.807, 2.05) is 30.3 Å². The lowest BCUT2D eigenvalue weighted by atomic mass is 10.1. The predicted octanol–water partition coefficient (Wildman–Crippen LogP) is 0.822. The predicted molar refractivity (Wildman–Crippen MR) is 63.2 cm³/mol. The number of hydrogen-bond acceptors (Lipinski definition) is 2. The van der Waals surface area contributed by atoms with Crippen LogP contribution in [-0.4, -0.2) is 23.0 Å². The van der Waals surface area contributed by atoms with Crippen LogP contribution in [0.15, 0.2) is 30.3 Å². The van der Waals surface area contributed by atoms with Gasteiger partial charge < -0.3 is 10.4 Å². The highest BCUT2D eigenvalue weighted by atomic mass is 16.4. The molecule has 4 heteroatoms. The fraction of sp³-hybridized carbons (Fsp3) is 0.231. The van der Waals surface area contributed by atoms with Crippen molar-refractivity contribution < 1.29 is 14.7 Å². The maximum Gasteiger partial charge on any atom is 0.306 e. The Balaban J connectivity index is 2.49.